The molecule has 1 unspecified atom stereocenters. The highest BCUT2D eigenvalue weighted by molar-refractivity contribution is 7.94. The van der Waals surface area contributed by atoms with Gasteiger partial charge >= 0.3 is 5.97 Å². The van der Waals surface area contributed by atoms with Gasteiger partial charge in [-0.3, -0.25) is 9.52 Å². The van der Waals surface area contributed by atoms with Gasteiger partial charge in [-0.1, -0.05) is 19.1 Å². The minimum Gasteiger partial charge on any atom is -0.480 e. The highest BCUT2D eigenvalue weighted by Crippen LogP contribution is 2.22. The summed E-state index contributed by atoms with van der Waals surface area (Å²) in [5.41, 5.74) is -0.202. The van der Waals surface area contributed by atoms with Crippen LogP contribution in [0, 0.1) is 0 Å². The number of benzene rings is 1. The Morgan fingerprint density at radius 1 is 1.24 bits per heavy atom. The van der Waals surface area contributed by atoms with Gasteiger partial charge in [0.15, 0.2) is 5.25 Å². The van der Waals surface area contributed by atoms with E-state index in [0.29, 0.717) is 0 Å². The molecule has 0 heterocycles. The van der Waals surface area contributed by atoms with Crippen molar-refractivity contribution in [3.05, 3.63) is 24.3 Å². The molecule has 0 fully saturated rings. The first-order valence-corrected chi connectivity index (χ1v) is 8.98. The molecule has 0 aromatic heterocycles. The third kappa shape index (κ3) is 4.16. The molecule has 0 saturated heterocycles. The fourth-order valence-electron chi connectivity index (χ4n) is 1.43. The number of carboxylic acids is 1. The minimum atomic E-state index is -4.25. The number of carbonyl (C=O) groups is 1. The summed E-state index contributed by atoms with van der Waals surface area (Å²) in [7, 11) is -8.14. The van der Waals surface area contributed by atoms with Gasteiger partial charge in [0.1, 0.15) is 4.90 Å². The molecule has 0 aliphatic rings. The monoisotopic (exact) mass is 336 g/mol. The molecule has 3 N–H and O–H groups in total. The molecule has 21 heavy (non-hydrogen) atoms. The highest BCUT2D eigenvalue weighted by atomic mass is 32.2. The van der Waals surface area contributed by atoms with E-state index in [9.17, 15) is 21.6 Å². The number of carboxylic acid groups (broad SMARTS) is 1. The van der Waals surface area contributed by atoms with Crippen molar-refractivity contribution in [2.75, 3.05) is 11.3 Å². The third-order valence-electron chi connectivity index (χ3n) is 2.58. The van der Waals surface area contributed by atoms with Crippen LogP contribution in [0.5, 0.6) is 0 Å². The van der Waals surface area contributed by atoms with Crippen LogP contribution < -0.4 is 9.44 Å². The molecule has 0 amide bonds. The molecule has 0 spiro atoms. The molecule has 10 heteroatoms. The molecular weight excluding hydrogens is 320 g/mol. The van der Waals surface area contributed by atoms with Crippen molar-refractivity contribution in [2.45, 2.75) is 24.0 Å². The maximum Gasteiger partial charge on any atom is 0.323 e. The summed E-state index contributed by atoms with van der Waals surface area (Å²) in [5, 5.41) is 7.04. The number of anilines is 1. The molecule has 118 valence electrons. The Hall–Kier alpha value is -1.65. The number of nitrogens with one attached hydrogen (secondary N) is 2. The van der Waals surface area contributed by atoms with Crippen molar-refractivity contribution in [1.82, 2.24) is 4.72 Å². The Kier molecular flexibility index (Phi) is 5.31. The molecule has 8 nitrogen and oxygen atoms in total. The molecule has 1 atom stereocenters. The predicted octanol–water partition coefficient (Wildman–Crippen LogP) is 0.200. The average Bonchev–Trinajstić information content (AvgIpc) is 2.37. The summed E-state index contributed by atoms with van der Waals surface area (Å²) in [6.45, 7) is 2.71. The summed E-state index contributed by atoms with van der Waals surface area (Å²) >= 11 is 0. The summed E-state index contributed by atoms with van der Waals surface area (Å²) < 4.78 is 51.9. The number of aliphatic carboxylic acids is 1. The second-order valence-electron chi connectivity index (χ2n) is 4.13. The Bertz CT molecular complexity index is 727. The molecule has 0 radical (unpaired) electrons. The molecular formula is C11H16N2O6S2. The topological polar surface area (TPSA) is 130 Å². The van der Waals surface area contributed by atoms with E-state index >= 15 is 0 Å². The van der Waals surface area contributed by atoms with Gasteiger partial charge in [-0.25, -0.2) is 21.6 Å². The van der Waals surface area contributed by atoms with Gasteiger partial charge < -0.3 is 5.11 Å². The Morgan fingerprint density at radius 2 is 1.81 bits per heavy atom. The zero-order valence-electron chi connectivity index (χ0n) is 11.4. The van der Waals surface area contributed by atoms with E-state index in [1.165, 1.54) is 24.3 Å². The highest BCUT2D eigenvalue weighted by Gasteiger charge is 2.29. The predicted molar refractivity (Wildman–Crippen MR) is 76.9 cm³/mol. The quantitative estimate of drug-likeness (QED) is 0.652. The normalized spacial score (nSPS) is 13.6. The minimum absolute atomic E-state index is 0.134. The van der Waals surface area contributed by atoms with Gasteiger partial charge in [-0.15, -0.1) is 0 Å². The summed E-state index contributed by atoms with van der Waals surface area (Å²) in [5.74, 6) is -1.53. The molecule has 0 aliphatic carbocycles. The van der Waals surface area contributed by atoms with E-state index in [2.05, 4.69) is 4.72 Å². The number of rotatable bonds is 7. The van der Waals surface area contributed by atoms with Gasteiger partial charge in [0.25, 0.3) is 0 Å². The maximum absolute atomic E-state index is 12.0. The van der Waals surface area contributed by atoms with Crippen LogP contribution in [0.25, 0.3) is 0 Å². The smallest absolute Gasteiger partial charge is 0.323 e. The van der Waals surface area contributed by atoms with E-state index in [4.69, 9.17) is 5.11 Å². The number of para-hydroxylation sites is 1. The lowest BCUT2D eigenvalue weighted by Crippen LogP contribution is -2.33. The van der Waals surface area contributed by atoms with Crippen molar-refractivity contribution < 1.29 is 26.7 Å². The zero-order chi connectivity index (χ0) is 16.3. The first-order chi connectivity index (χ1) is 9.62. The van der Waals surface area contributed by atoms with Crippen LogP contribution in [-0.2, 0) is 24.8 Å². The lowest BCUT2D eigenvalue weighted by atomic mass is 10.3. The largest absolute Gasteiger partial charge is 0.480 e. The van der Waals surface area contributed by atoms with Gasteiger partial charge in [-0.2, -0.15) is 0 Å². The fraction of sp³-hybridized carbons (Fsp3) is 0.364. The molecule has 0 aliphatic heterocycles. The van der Waals surface area contributed by atoms with Crippen LogP contribution in [0.1, 0.15) is 13.8 Å². The van der Waals surface area contributed by atoms with Crippen LogP contribution in [-0.4, -0.2) is 39.7 Å². The van der Waals surface area contributed by atoms with Gasteiger partial charge in [-0.05, 0) is 19.1 Å². The van der Waals surface area contributed by atoms with Crippen molar-refractivity contribution >= 4 is 31.7 Å². The Labute approximate surface area is 123 Å². The van der Waals surface area contributed by atoms with Crippen molar-refractivity contribution in [3.8, 4) is 0 Å². The summed E-state index contributed by atoms with van der Waals surface area (Å²) in [6.07, 6.45) is 0. The maximum atomic E-state index is 12.0. The zero-order valence-corrected chi connectivity index (χ0v) is 13.0. The van der Waals surface area contributed by atoms with E-state index < -0.39 is 31.3 Å². The van der Waals surface area contributed by atoms with Crippen LogP contribution >= 0.6 is 0 Å². The second kappa shape index (κ2) is 6.41. The van der Waals surface area contributed by atoms with Crippen molar-refractivity contribution in [3.63, 3.8) is 0 Å². The van der Waals surface area contributed by atoms with E-state index in [1.807, 2.05) is 4.72 Å². The first-order valence-electron chi connectivity index (χ1n) is 5.95. The average molecular weight is 336 g/mol. The molecule has 0 bridgehead atoms. The first kappa shape index (κ1) is 17.4. The number of sulfonamides is 2. The van der Waals surface area contributed by atoms with Crippen LogP contribution in [0.4, 0.5) is 5.69 Å². The molecule has 1 rings (SSSR count). The van der Waals surface area contributed by atoms with Crippen LogP contribution in [0.3, 0.4) is 0 Å². The SMILES string of the molecule is CCNS(=O)(=O)c1ccccc1NS(=O)(=O)C(C)C(=O)O. The van der Waals surface area contributed by atoms with Gasteiger partial charge in [0.2, 0.25) is 20.0 Å². The van der Waals surface area contributed by atoms with Gasteiger partial charge in [0, 0.05) is 6.54 Å². The van der Waals surface area contributed by atoms with Gasteiger partial charge in [0.05, 0.1) is 5.69 Å². The Balaban J connectivity index is 3.26. The summed E-state index contributed by atoms with van der Waals surface area (Å²) in [4.78, 5) is 10.5. The van der Waals surface area contributed by atoms with Crippen molar-refractivity contribution in [1.29, 1.82) is 0 Å². The Morgan fingerprint density at radius 3 is 2.33 bits per heavy atom. The van der Waals surface area contributed by atoms with E-state index in [0.717, 1.165) is 6.92 Å². The molecule has 0 saturated carbocycles. The van der Waals surface area contributed by atoms with Crippen molar-refractivity contribution in [2.24, 2.45) is 0 Å². The van der Waals surface area contributed by atoms with E-state index in [1.54, 1.807) is 6.92 Å². The standard InChI is InChI=1S/C11H16N2O6S2/c1-3-12-21(18,19)10-7-5-4-6-9(10)13-20(16,17)8(2)11(14)15/h4-8,12-13H,3H2,1-2H3,(H,14,15). The van der Waals surface area contributed by atoms with E-state index in [-0.39, 0.29) is 17.1 Å². The lowest BCUT2D eigenvalue weighted by Gasteiger charge is -2.14. The molecule has 1 aromatic carbocycles. The number of hydrogen-bond acceptors (Lipinski definition) is 5. The number of hydrogen-bond donors (Lipinski definition) is 3. The second-order valence-corrected chi connectivity index (χ2v) is 7.86. The third-order valence-corrected chi connectivity index (χ3v) is 5.82. The fourth-order valence-corrected chi connectivity index (χ4v) is 3.62. The van der Waals surface area contributed by atoms with Crippen LogP contribution in [0.15, 0.2) is 29.2 Å². The van der Waals surface area contributed by atoms with Crippen LogP contribution in [0.2, 0.25) is 0 Å². The lowest BCUT2D eigenvalue weighted by molar-refractivity contribution is -0.136. The molecule has 1 aromatic rings. The summed E-state index contributed by atoms with van der Waals surface area (Å²) in [6, 6.07) is 5.34.